The first kappa shape index (κ1) is 12.9. The Morgan fingerprint density at radius 3 is 2.72 bits per heavy atom. The quantitative estimate of drug-likeness (QED) is 0.757. The maximum Gasteiger partial charge on any atom is 0.250 e. The highest BCUT2D eigenvalue weighted by molar-refractivity contribution is 5.98. The van der Waals surface area contributed by atoms with Crippen molar-refractivity contribution in [1.29, 1.82) is 0 Å². The molecular formula is C14H21N3O. The third-order valence-electron chi connectivity index (χ3n) is 3.75. The minimum absolute atomic E-state index is 0.351. The normalized spacial score (nSPS) is 23.6. The number of nitrogens with two attached hydrogens (primary N) is 2. The van der Waals surface area contributed by atoms with Crippen LogP contribution in [-0.2, 0) is 0 Å². The fourth-order valence-electron chi connectivity index (χ4n) is 2.70. The molecule has 0 heterocycles. The number of anilines is 1. The number of hydrogen-bond donors (Lipinski definition) is 3. The number of carbonyl (C=O) groups is 1. The van der Waals surface area contributed by atoms with Crippen LogP contribution in [0.5, 0.6) is 0 Å². The van der Waals surface area contributed by atoms with Gasteiger partial charge in [0.2, 0.25) is 0 Å². The molecule has 0 spiro atoms. The van der Waals surface area contributed by atoms with Gasteiger partial charge in [0.1, 0.15) is 0 Å². The van der Waals surface area contributed by atoms with Crippen LogP contribution in [0.2, 0.25) is 0 Å². The van der Waals surface area contributed by atoms with Crippen LogP contribution >= 0.6 is 0 Å². The van der Waals surface area contributed by atoms with Crippen molar-refractivity contribution in [1.82, 2.24) is 0 Å². The Bertz CT molecular complexity index is 419. The summed E-state index contributed by atoms with van der Waals surface area (Å²) in [4.78, 5) is 11.4. The smallest absolute Gasteiger partial charge is 0.250 e. The summed E-state index contributed by atoms with van der Waals surface area (Å²) in [6.07, 6.45) is 4.73. The maximum absolute atomic E-state index is 11.4. The summed E-state index contributed by atoms with van der Waals surface area (Å²) in [6.45, 7) is 0.691. The van der Waals surface area contributed by atoms with Crippen LogP contribution in [-0.4, -0.2) is 18.5 Å². The molecule has 1 aromatic rings. The number of rotatable bonds is 4. The largest absolute Gasteiger partial charge is 0.381 e. The monoisotopic (exact) mass is 247 g/mol. The van der Waals surface area contributed by atoms with E-state index in [4.69, 9.17) is 11.5 Å². The van der Waals surface area contributed by atoms with Crippen molar-refractivity contribution in [3.05, 3.63) is 29.8 Å². The van der Waals surface area contributed by atoms with Gasteiger partial charge in [-0.25, -0.2) is 0 Å². The van der Waals surface area contributed by atoms with Gasteiger partial charge in [0.25, 0.3) is 5.91 Å². The predicted molar refractivity (Wildman–Crippen MR) is 73.4 cm³/mol. The predicted octanol–water partition coefficient (Wildman–Crippen LogP) is 1.71. The van der Waals surface area contributed by atoms with Crippen molar-refractivity contribution in [3.63, 3.8) is 0 Å². The van der Waals surface area contributed by atoms with Gasteiger partial charge in [-0.3, -0.25) is 4.79 Å². The van der Waals surface area contributed by atoms with Crippen molar-refractivity contribution in [2.75, 3.05) is 11.9 Å². The third kappa shape index (κ3) is 2.82. The molecule has 1 fully saturated rings. The van der Waals surface area contributed by atoms with E-state index in [1.807, 2.05) is 18.2 Å². The second kappa shape index (κ2) is 5.87. The van der Waals surface area contributed by atoms with Gasteiger partial charge < -0.3 is 16.8 Å². The lowest BCUT2D eigenvalue weighted by Gasteiger charge is -2.32. The maximum atomic E-state index is 11.4. The van der Waals surface area contributed by atoms with Crippen molar-refractivity contribution in [2.45, 2.75) is 31.7 Å². The first-order valence-corrected chi connectivity index (χ1v) is 6.58. The highest BCUT2D eigenvalue weighted by atomic mass is 16.1. The standard InChI is InChI=1S/C14H21N3O/c15-9-10-5-1-3-7-12(10)17-13-8-4-2-6-11(13)14(16)18/h2,4,6,8,10,12,17H,1,3,5,7,9,15H2,(H2,16,18). The Morgan fingerprint density at radius 2 is 2.00 bits per heavy atom. The van der Waals surface area contributed by atoms with Crippen molar-refractivity contribution in [2.24, 2.45) is 17.4 Å². The summed E-state index contributed by atoms with van der Waals surface area (Å²) in [5.41, 5.74) is 12.6. The Balaban J connectivity index is 2.15. The fraction of sp³-hybridized carbons (Fsp3) is 0.500. The van der Waals surface area contributed by atoms with E-state index in [1.54, 1.807) is 6.07 Å². The Kier molecular flexibility index (Phi) is 4.20. The average molecular weight is 247 g/mol. The molecule has 0 aliphatic heterocycles. The molecule has 18 heavy (non-hydrogen) atoms. The van der Waals surface area contributed by atoms with Gasteiger partial charge >= 0.3 is 0 Å². The Hall–Kier alpha value is -1.55. The van der Waals surface area contributed by atoms with Crippen molar-refractivity contribution < 1.29 is 4.79 Å². The fourth-order valence-corrected chi connectivity index (χ4v) is 2.70. The van der Waals surface area contributed by atoms with Gasteiger partial charge in [-0.2, -0.15) is 0 Å². The van der Waals surface area contributed by atoms with Gasteiger partial charge in [-0.15, -0.1) is 0 Å². The second-order valence-electron chi connectivity index (χ2n) is 4.94. The summed E-state index contributed by atoms with van der Waals surface area (Å²) >= 11 is 0. The van der Waals surface area contributed by atoms with E-state index in [1.165, 1.54) is 12.8 Å². The number of carbonyl (C=O) groups excluding carboxylic acids is 1. The molecule has 0 bridgehead atoms. The molecule has 1 amide bonds. The zero-order chi connectivity index (χ0) is 13.0. The molecule has 1 saturated carbocycles. The van der Waals surface area contributed by atoms with Gasteiger partial charge in [0, 0.05) is 11.7 Å². The summed E-state index contributed by atoms with van der Waals surface area (Å²) in [5.74, 6) is 0.0953. The van der Waals surface area contributed by atoms with Gasteiger partial charge in [0.05, 0.1) is 5.56 Å². The first-order valence-electron chi connectivity index (χ1n) is 6.58. The lowest BCUT2D eigenvalue weighted by atomic mass is 9.84. The minimum atomic E-state index is -0.391. The summed E-state index contributed by atoms with van der Waals surface area (Å²) in [6, 6.07) is 7.75. The zero-order valence-electron chi connectivity index (χ0n) is 10.6. The van der Waals surface area contributed by atoms with Gasteiger partial charge in [0.15, 0.2) is 0 Å². The molecule has 1 aliphatic rings. The van der Waals surface area contributed by atoms with Crippen LogP contribution in [0.25, 0.3) is 0 Å². The second-order valence-corrected chi connectivity index (χ2v) is 4.94. The molecule has 4 heteroatoms. The highest BCUT2D eigenvalue weighted by Gasteiger charge is 2.24. The van der Waals surface area contributed by atoms with Crippen LogP contribution < -0.4 is 16.8 Å². The SMILES string of the molecule is NCC1CCCCC1Nc1ccccc1C(N)=O. The Labute approximate surface area is 108 Å². The zero-order valence-corrected chi connectivity index (χ0v) is 10.6. The number of primary amides is 1. The molecule has 2 unspecified atom stereocenters. The number of hydrogen-bond acceptors (Lipinski definition) is 3. The van der Waals surface area contributed by atoms with E-state index in [0.29, 0.717) is 24.1 Å². The average Bonchev–Trinajstić information content (AvgIpc) is 2.40. The summed E-state index contributed by atoms with van der Waals surface area (Å²) in [7, 11) is 0. The van der Waals surface area contributed by atoms with E-state index < -0.39 is 5.91 Å². The van der Waals surface area contributed by atoms with E-state index in [2.05, 4.69) is 5.32 Å². The molecular weight excluding hydrogens is 226 g/mol. The van der Waals surface area contributed by atoms with E-state index in [-0.39, 0.29) is 0 Å². The van der Waals surface area contributed by atoms with E-state index >= 15 is 0 Å². The first-order chi connectivity index (χ1) is 8.72. The summed E-state index contributed by atoms with van der Waals surface area (Å²) < 4.78 is 0. The van der Waals surface area contributed by atoms with E-state index in [0.717, 1.165) is 18.5 Å². The molecule has 0 aromatic heterocycles. The van der Waals surface area contributed by atoms with Crippen LogP contribution in [0.3, 0.4) is 0 Å². The molecule has 1 aliphatic carbocycles. The highest BCUT2D eigenvalue weighted by Crippen LogP contribution is 2.27. The molecule has 5 N–H and O–H groups in total. The number of amides is 1. The van der Waals surface area contributed by atoms with Gasteiger partial charge in [-0.1, -0.05) is 25.0 Å². The topological polar surface area (TPSA) is 81.1 Å². The lowest BCUT2D eigenvalue weighted by Crippen LogP contribution is -2.37. The number of benzene rings is 1. The van der Waals surface area contributed by atoms with Crippen LogP contribution in [0.1, 0.15) is 36.0 Å². The number of nitrogens with one attached hydrogen (secondary N) is 1. The molecule has 2 rings (SSSR count). The van der Waals surface area contributed by atoms with Crippen LogP contribution in [0.15, 0.2) is 24.3 Å². The van der Waals surface area contributed by atoms with Crippen LogP contribution in [0, 0.1) is 5.92 Å². The number of para-hydroxylation sites is 1. The molecule has 2 atom stereocenters. The molecule has 4 nitrogen and oxygen atoms in total. The van der Waals surface area contributed by atoms with Crippen LogP contribution in [0.4, 0.5) is 5.69 Å². The van der Waals surface area contributed by atoms with E-state index in [9.17, 15) is 4.79 Å². The van der Waals surface area contributed by atoms with Crippen molar-refractivity contribution in [3.8, 4) is 0 Å². The minimum Gasteiger partial charge on any atom is -0.381 e. The summed E-state index contributed by atoms with van der Waals surface area (Å²) in [5, 5.41) is 3.45. The molecule has 0 radical (unpaired) electrons. The van der Waals surface area contributed by atoms with Crippen molar-refractivity contribution >= 4 is 11.6 Å². The molecule has 98 valence electrons. The molecule has 1 aromatic carbocycles. The third-order valence-corrected chi connectivity index (χ3v) is 3.75. The Morgan fingerprint density at radius 1 is 1.28 bits per heavy atom. The van der Waals surface area contributed by atoms with Gasteiger partial charge in [-0.05, 0) is 37.4 Å². The molecule has 0 saturated heterocycles. The lowest BCUT2D eigenvalue weighted by molar-refractivity contribution is 0.100.